The standard InChI is InChI=1S/C14H29N3O/c1-5-13-8-18-12(3)7-17(13)14(9-15)6-11(2)16(4)10-14/h11-13H,5-10,15H2,1-4H3. The topological polar surface area (TPSA) is 41.7 Å². The summed E-state index contributed by atoms with van der Waals surface area (Å²) >= 11 is 0. The van der Waals surface area contributed by atoms with Crippen LogP contribution in [0.5, 0.6) is 0 Å². The molecule has 0 spiro atoms. The molecule has 4 nitrogen and oxygen atoms in total. The van der Waals surface area contributed by atoms with Gasteiger partial charge in [-0.3, -0.25) is 4.90 Å². The molecule has 2 fully saturated rings. The van der Waals surface area contributed by atoms with E-state index in [-0.39, 0.29) is 5.54 Å². The SMILES string of the molecule is CCC1COC(C)CN1C1(CN)CC(C)N(C)C1. The van der Waals surface area contributed by atoms with Gasteiger partial charge in [0.2, 0.25) is 0 Å². The third kappa shape index (κ3) is 2.44. The van der Waals surface area contributed by atoms with E-state index in [1.165, 1.54) is 6.42 Å². The number of nitrogens with zero attached hydrogens (tertiary/aromatic N) is 2. The van der Waals surface area contributed by atoms with Crippen LogP contribution < -0.4 is 5.73 Å². The highest BCUT2D eigenvalue weighted by molar-refractivity contribution is 5.05. The van der Waals surface area contributed by atoms with Crippen molar-refractivity contribution in [2.45, 2.75) is 57.3 Å². The summed E-state index contributed by atoms with van der Waals surface area (Å²) in [5.41, 5.74) is 6.34. The van der Waals surface area contributed by atoms with Gasteiger partial charge in [-0.25, -0.2) is 0 Å². The summed E-state index contributed by atoms with van der Waals surface area (Å²) in [5, 5.41) is 0. The molecule has 2 saturated heterocycles. The second-order valence-electron chi connectivity index (χ2n) is 6.26. The Bertz CT molecular complexity index is 274. The monoisotopic (exact) mass is 255 g/mol. The van der Waals surface area contributed by atoms with Crippen LogP contribution in [0.3, 0.4) is 0 Å². The molecule has 0 aromatic carbocycles. The van der Waals surface area contributed by atoms with Crippen LogP contribution in [0.4, 0.5) is 0 Å². The van der Waals surface area contributed by atoms with Gasteiger partial charge in [0.15, 0.2) is 0 Å². The van der Waals surface area contributed by atoms with Crippen LogP contribution in [-0.2, 0) is 4.74 Å². The molecular formula is C14H29N3O. The first-order valence-electron chi connectivity index (χ1n) is 7.31. The van der Waals surface area contributed by atoms with Crippen molar-refractivity contribution >= 4 is 0 Å². The number of morpholine rings is 1. The maximum Gasteiger partial charge on any atom is 0.0675 e. The molecule has 2 heterocycles. The number of hydrogen-bond donors (Lipinski definition) is 1. The maximum atomic E-state index is 6.18. The summed E-state index contributed by atoms with van der Waals surface area (Å²) in [6.07, 6.45) is 2.66. The van der Waals surface area contributed by atoms with Crippen LogP contribution in [-0.4, -0.2) is 66.8 Å². The number of ether oxygens (including phenoxy) is 1. The molecule has 0 aromatic heterocycles. The molecule has 0 saturated carbocycles. The lowest BCUT2D eigenvalue weighted by atomic mass is 9.90. The maximum absolute atomic E-state index is 6.18. The van der Waals surface area contributed by atoms with Crippen LogP contribution in [0.1, 0.15) is 33.6 Å². The molecule has 0 amide bonds. The van der Waals surface area contributed by atoms with Crippen molar-refractivity contribution in [1.82, 2.24) is 9.80 Å². The lowest BCUT2D eigenvalue weighted by Crippen LogP contribution is -2.64. The summed E-state index contributed by atoms with van der Waals surface area (Å²) in [6.45, 7) is 10.5. The summed E-state index contributed by atoms with van der Waals surface area (Å²) in [5.74, 6) is 0. The van der Waals surface area contributed by atoms with Gasteiger partial charge in [-0.05, 0) is 33.7 Å². The first-order chi connectivity index (χ1) is 8.52. The first kappa shape index (κ1) is 14.3. The zero-order valence-electron chi connectivity index (χ0n) is 12.4. The van der Waals surface area contributed by atoms with Gasteiger partial charge in [-0.15, -0.1) is 0 Å². The lowest BCUT2D eigenvalue weighted by Gasteiger charge is -2.49. The second kappa shape index (κ2) is 5.45. The van der Waals surface area contributed by atoms with E-state index >= 15 is 0 Å². The molecule has 4 unspecified atom stereocenters. The summed E-state index contributed by atoms with van der Waals surface area (Å²) in [7, 11) is 2.22. The molecule has 0 radical (unpaired) electrons. The van der Waals surface area contributed by atoms with Crippen molar-refractivity contribution in [3.05, 3.63) is 0 Å². The van der Waals surface area contributed by atoms with Crippen LogP contribution in [0, 0.1) is 0 Å². The van der Waals surface area contributed by atoms with E-state index in [1.54, 1.807) is 0 Å². The molecule has 0 bridgehead atoms. The van der Waals surface area contributed by atoms with Gasteiger partial charge < -0.3 is 15.4 Å². The van der Waals surface area contributed by atoms with Crippen molar-refractivity contribution in [2.24, 2.45) is 5.73 Å². The second-order valence-corrected chi connectivity index (χ2v) is 6.26. The third-order valence-corrected chi connectivity index (χ3v) is 4.90. The van der Waals surface area contributed by atoms with E-state index in [0.29, 0.717) is 18.2 Å². The highest BCUT2D eigenvalue weighted by Gasteiger charge is 2.47. The molecule has 4 heteroatoms. The predicted molar refractivity (Wildman–Crippen MR) is 74.7 cm³/mol. The van der Waals surface area contributed by atoms with Gasteiger partial charge in [-0.1, -0.05) is 6.92 Å². The normalized spacial score (nSPS) is 43.5. The molecule has 18 heavy (non-hydrogen) atoms. The number of hydrogen-bond acceptors (Lipinski definition) is 4. The number of likely N-dealkylation sites (N-methyl/N-ethyl adjacent to an activating group) is 1. The van der Waals surface area contributed by atoms with Crippen molar-refractivity contribution in [2.75, 3.05) is 33.3 Å². The molecular weight excluding hydrogens is 226 g/mol. The van der Waals surface area contributed by atoms with Gasteiger partial charge in [0.05, 0.1) is 12.7 Å². The molecule has 2 aliphatic rings. The minimum Gasteiger partial charge on any atom is -0.376 e. The van der Waals surface area contributed by atoms with E-state index in [4.69, 9.17) is 10.5 Å². The Morgan fingerprint density at radius 3 is 2.61 bits per heavy atom. The predicted octanol–water partition coefficient (Wildman–Crippen LogP) is 0.907. The van der Waals surface area contributed by atoms with Crippen molar-refractivity contribution in [3.8, 4) is 0 Å². The molecule has 2 aliphatic heterocycles. The average Bonchev–Trinajstić information content (AvgIpc) is 2.66. The van der Waals surface area contributed by atoms with Crippen LogP contribution in [0.15, 0.2) is 0 Å². The van der Waals surface area contributed by atoms with Gasteiger partial charge in [-0.2, -0.15) is 0 Å². The van der Waals surface area contributed by atoms with Crippen LogP contribution in [0.2, 0.25) is 0 Å². The lowest BCUT2D eigenvalue weighted by molar-refractivity contribution is -0.0959. The fourth-order valence-corrected chi connectivity index (χ4v) is 3.63. The quantitative estimate of drug-likeness (QED) is 0.814. The van der Waals surface area contributed by atoms with Crippen LogP contribution in [0.25, 0.3) is 0 Å². The van der Waals surface area contributed by atoms with Crippen molar-refractivity contribution in [3.63, 3.8) is 0 Å². The summed E-state index contributed by atoms with van der Waals surface area (Å²) in [6, 6.07) is 1.16. The van der Waals surface area contributed by atoms with E-state index in [2.05, 4.69) is 37.6 Å². The molecule has 0 aromatic rings. The third-order valence-electron chi connectivity index (χ3n) is 4.90. The Morgan fingerprint density at radius 1 is 1.39 bits per heavy atom. The molecule has 4 atom stereocenters. The zero-order chi connectivity index (χ0) is 13.3. The number of likely N-dealkylation sites (tertiary alicyclic amines) is 1. The minimum atomic E-state index is 0.160. The van der Waals surface area contributed by atoms with Crippen molar-refractivity contribution < 1.29 is 4.74 Å². The van der Waals surface area contributed by atoms with E-state index < -0.39 is 0 Å². The number of nitrogens with two attached hydrogens (primary N) is 1. The first-order valence-corrected chi connectivity index (χ1v) is 7.31. The Kier molecular flexibility index (Phi) is 4.32. The highest BCUT2D eigenvalue weighted by Crippen LogP contribution is 2.34. The van der Waals surface area contributed by atoms with E-state index in [9.17, 15) is 0 Å². The van der Waals surface area contributed by atoms with E-state index in [1.807, 2.05) is 0 Å². The Labute approximate surface area is 111 Å². The molecule has 2 N–H and O–H groups in total. The zero-order valence-corrected chi connectivity index (χ0v) is 12.4. The molecule has 0 aliphatic carbocycles. The Morgan fingerprint density at radius 2 is 2.11 bits per heavy atom. The van der Waals surface area contributed by atoms with Crippen molar-refractivity contribution in [1.29, 1.82) is 0 Å². The van der Waals surface area contributed by atoms with Crippen LogP contribution >= 0.6 is 0 Å². The Balaban J connectivity index is 2.19. The van der Waals surface area contributed by atoms with E-state index in [0.717, 1.165) is 32.7 Å². The summed E-state index contributed by atoms with van der Waals surface area (Å²) < 4.78 is 5.82. The fraction of sp³-hybridized carbons (Fsp3) is 1.00. The minimum absolute atomic E-state index is 0.160. The highest BCUT2D eigenvalue weighted by atomic mass is 16.5. The smallest absolute Gasteiger partial charge is 0.0675 e. The fourth-order valence-electron chi connectivity index (χ4n) is 3.63. The van der Waals surface area contributed by atoms with Gasteiger partial charge in [0.1, 0.15) is 0 Å². The Hall–Kier alpha value is -0.160. The van der Waals surface area contributed by atoms with Gasteiger partial charge >= 0.3 is 0 Å². The average molecular weight is 255 g/mol. The van der Waals surface area contributed by atoms with Gasteiger partial charge in [0, 0.05) is 37.3 Å². The van der Waals surface area contributed by atoms with Gasteiger partial charge in [0.25, 0.3) is 0 Å². The summed E-state index contributed by atoms with van der Waals surface area (Å²) in [4.78, 5) is 5.10. The molecule has 2 rings (SSSR count). The molecule has 106 valence electrons. The number of rotatable bonds is 3. The largest absolute Gasteiger partial charge is 0.376 e.